The van der Waals surface area contributed by atoms with Gasteiger partial charge in [-0.25, -0.2) is 14.2 Å². The van der Waals surface area contributed by atoms with Crippen LogP contribution in [0.5, 0.6) is 11.5 Å². The van der Waals surface area contributed by atoms with E-state index in [0.29, 0.717) is 37.7 Å². The molecule has 168 valence electrons. The third kappa shape index (κ3) is 3.74. The molecule has 0 spiro atoms. The molecule has 9 heteroatoms. The molecule has 3 aromatic rings. The number of nitrogens with zero attached hydrogens (tertiary/aromatic N) is 2. The fourth-order valence-corrected chi connectivity index (χ4v) is 4.98. The monoisotopic (exact) mass is 466 g/mol. The minimum Gasteiger partial charge on any atom is -0.463 e. The molecule has 1 atom stereocenters. The predicted molar refractivity (Wildman–Crippen MR) is 119 cm³/mol. The minimum atomic E-state index is -0.760. The lowest BCUT2D eigenvalue weighted by Gasteiger charge is -2.24. The maximum absolute atomic E-state index is 13.7. The zero-order chi connectivity index (χ0) is 23.1. The highest BCUT2D eigenvalue weighted by atomic mass is 32.1. The summed E-state index contributed by atoms with van der Waals surface area (Å²) < 4.78 is 31.7. The van der Waals surface area contributed by atoms with E-state index in [9.17, 15) is 14.0 Å². The lowest BCUT2D eigenvalue weighted by Crippen LogP contribution is -2.39. The number of allylic oxidation sites excluding steroid dienone is 1. The summed E-state index contributed by atoms with van der Waals surface area (Å²) in [6, 6.07) is 10.5. The first-order valence-electron chi connectivity index (χ1n) is 10.3. The number of thiazole rings is 1. The maximum Gasteiger partial charge on any atom is 0.338 e. The highest BCUT2D eigenvalue weighted by molar-refractivity contribution is 7.07. The Morgan fingerprint density at radius 1 is 1.27 bits per heavy atom. The van der Waals surface area contributed by atoms with Crippen molar-refractivity contribution in [1.29, 1.82) is 0 Å². The van der Waals surface area contributed by atoms with Crippen LogP contribution in [0, 0.1) is 5.82 Å². The Bertz CT molecular complexity index is 1490. The van der Waals surface area contributed by atoms with Crippen molar-refractivity contribution in [2.45, 2.75) is 19.9 Å². The van der Waals surface area contributed by atoms with Crippen molar-refractivity contribution in [1.82, 2.24) is 4.57 Å². The highest BCUT2D eigenvalue weighted by Crippen LogP contribution is 2.38. The summed E-state index contributed by atoms with van der Waals surface area (Å²) in [6.45, 7) is 3.73. The number of fused-ring (bicyclic) bond motifs is 2. The molecule has 2 aliphatic heterocycles. The topological polar surface area (TPSA) is 79.1 Å². The van der Waals surface area contributed by atoms with Gasteiger partial charge in [0.25, 0.3) is 5.56 Å². The number of rotatable bonds is 4. The molecule has 33 heavy (non-hydrogen) atoms. The van der Waals surface area contributed by atoms with Crippen LogP contribution in [-0.4, -0.2) is 23.9 Å². The van der Waals surface area contributed by atoms with E-state index in [4.69, 9.17) is 14.2 Å². The van der Waals surface area contributed by atoms with E-state index in [1.54, 1.807) is 50.3 Å². The van der Waals surface area contributed by atoms with Gasteiger partial charge in [-0.2, -0.15) is 0 Å². The van der Waals surface area contributed by atoms with E-state index < -0.39 is 17.8 Å². The Hall–Kier alpha value is -3.72. The summed E-state index contributed by atoms with van der Waals surface area (Å²) in [6.07, 6.45) is 1.62. The van der Waals surface area contributed by atoms with Gasteiger partial charge in [-0.15, -0.1) is 0 Å². The van der Waals surface area contributed by atoms with E-state index in [1.165, 1.54) is 28.0 Å². The summed E-state index contributed by atoms with van der Waals surface area (Å²) >= 11 is 1.18. The number of carbonyl (C=O) groups excluding carboxylic acids is 1. The largest absolute Gasteiger partial charge is 0.463 e. The molecule has 2 aromatic carbocycles. The van der Waals surface area contributed by atoms with Gasteiger partial charge in [-0.3, -0.25) is 9.36 Å². The summed E-state index contributed by atoms with van der Waals surface area (Å²) in [5, 5.41) is 0. The molecule has 5 rings (SSSR count). The fraction of sp³-hybridized carbons (Fsp3) is 0.208. The van der Waals surface area contributed by atoms with E-state index >= 15 is 0 Å². The molecule has 7 nitrogen and oxygen atoms in total. The molecule has 1 aromatic heterocycles. The van der Waals surface area contributed by atoms with Crippen LogP contribution >= 0.6 is 11.3 Å². The predicted octanol–water partition coefficient (Wildman–Crippen LogP) is 2.67. The maximum atomic E-state index is 13.7. The van der Waals surface area contributed by atoms with Crippen molar-refractivity contribution in [3.8, 4) is 11.5 Å². The second kappa shape index (κ2) is 8.32. The Balaban J connectivity index is 1.73. The molecule has 0 amide bonds. The van der Waals surface area contributed by atoms with Crippen LogP contribution in [0.15, 0.2) is 63.5 Å². The Morgan fingerprint density at radius 3 is 2.88 bits per heavy atom. The molecule has 0 fully saturated rings. The summed E-state index contributed by atoms with van der Waals surface area (Å²) in [7, 11) is 0. The minimum absolute atomic E-state index is 0.106. The lowest BCUT2D eigenvalue weighted by molar-refractivity contribution is -0.139. The van der Waals surface area contributed by atoms with Gasteiger partial charge in [-0.05, 0) is 55.3 Å². The smallest absolute Gasteiger partial charge is 0.338 e. The van der Waals surface area contributed by atoms with Crippen LogP contribution in [-0.2, 0) is 9.53 Å². The molecule has 2 aliphatic rings. The van der Waals surface area contributed by atoms with Crippen molar-refractivity contribution < 1.29 is 23.4 Å². The van der Waals surface area contributed by atoms with Gasteiger partial charge in [0, 0.05) is 0 Å². The molecule has 0 saturated carbocycles. The van der Waals surface area contributed by atoms with Crippen molar-refractivity contribution in [3.05, 3.63) is 90.4 Å². The van der Waals surface area contributed by atoms with Gasteiger partial charge in [0.1, 0.15) is 5.82 Å². The molecule has 3 heterocycles. The number of hydrogen-bond donors (Lipinski definition) is 0. The van der Waals surface area contributed by atoms with Crippen LogP contribution in [0.4, 0.5) is 4.39 Å². The molecular weight excluding hydrogens is 447 g/mol. The zero-order valence-corrected chi connectivity index (χ0v) is 18.6. The van der Waals surface area contributed by atoms with E-state index in [1.807, 2.05) is 0 Å². The number of hydrogen-bond acceptors (Lipinski definition) is 7. The molecule has 0 radical (unpaired) electrons. The number of aromatic nitrogens is 1. The van der Waals surface area contributed by atoms with Gasteiger partial charge in [0.05, 0.1) is 28.5 Å². The van der Waals surface area contributed by atoms with Gasteiger partial charge >= 0.3 is 5.97 Å². The normalized spacial score (nSPS) is 17.1. The number of halogens is 1. The zero-order valence-electron chi connectivity index (χ0n) is 17.8. The Morgan fingerprint density at radius 2 is 2.09 bits per heavy atom. The van der Waals surface area contributed by atoms with Crippen molar-refractivity contribution in [3.63, 3.8) is 0 Å². The summed E-state index contributed by atoms with van der Waals surface area (Å²) in [5.41, 5.74) is 1.63. The van der Waals surface area contributed by atoms with Crippen LogP contribution in [0.25, 0.3) is 6.08 Å². The third-order valence-electron chi connectivity index (χ3n) is 5.38. The molecule has 0 bridgehead atoms. The molecule has 1 unspecified atom stereocenters. The van der Waals surface area contributed by atoms with Crippen molar-refractivity contribution >= 4 is 23.4 Å². The number of benzene rings is 2. The van der Waals surface area contributed by atoms with Crippen molar-refractivity contribution in [2.24, 2.45) is 4.99 Å². The number of esters is 1. The molecular formula is C24H19FN2O5S. The summed E-state index contributed by atoms with van der Waals surface area (Å²) in [5.74, 6) is 0.193. The molecule has 0 saturated heterocycles. The van der Waals surface area contributed by atoms with E-state index in [2.05, 4.69) is 4.99 Å². The van der Waals surface area contributed by atoms with Crippen LogP contribution < -0.4 is 24.4 Å². The number of ether oxygens (including phenoxy) is 3. The second-order valence-electron chi connectivity index (χ2n) is 7.47. The van der Waals surface area contributed by atoms with Gasteiger partial charge in [0.2, 0.25) is 6.79 Å². The van der Waals surface area contributed by atoms with Gasteiger partial charge in [0.15, 0.2) is 16.3 Å². The first-order chi connectivity index (χ1) is 16.0. The first-order valence-corrected chi connectivity index (χ1v) is 11.1. The standard InChI is InChI=1S/C24H19FN2O5S/c1-3-30-23(29)20-13(2)26-24-27(21(20)15-7-8-17-18(11-15)32-12-31-17)22(28)19(33-24)10-14-5-4-6-16(25)9-14/h4-11,21H,3,12H2,1-2H3. The fourth-order valence-electron chi connectivity index (χ4n) is 3.94. The highest BCUT2D eigenvalue weighted by Gasteiger charge is 2.34. The van der Waals surface area contributed by atoms with E-state index in [0.717, 1.165) is 0 Å². The van der Waals surface area contributed by atoms with Crippen LogP contribution in [0.3, 0.4) is 0 Å². The SMILES string of the molecule is CCOC(=O)C1=C(C)N=c2sc(=Cc3cccc(F)c3)c(=O)n2C1c1ccc2c(c1)OCO2. The average molecular weight is 466 g/mol. The quantitative estimate of drug-likeness (QED) is 0.553. The van der Waals surface area contributed by atoms with Gasteiger partial charge in [-0.1, -0.05) is 29.5 Å². The third-order valence-corrected chi connectivity index (χ3v) is 6.36. The van der Waals surface area contributed by atoms with Crippen LogP contribution in [0.1, 0.15) is 31.0 Å². The lowest BCUT2D eigenvalue weighted by atomic mass is 9.95. The first kappa shape index (κ1) is 21.1. The average Bonchev–Trinajstić information content (AvgIpc) is 3.37. The van der Waals surface area contributed by atoms with Gasteiger partial charge < -0.3 is 14.2 Å². The van der Waals surface area contributed by atoms with Crippen molar-refractivity contribution in [2.75, 3.05) is 13.4 Å². The number of carbonyl (C=O) groups is 1. The molecule has 0 aliphatic carbocycles. The Labute approximate surface area is 191 Å². The van der Waals surface area contributed by atoms with E-state index in [-0.39, 0.29) is 24.5 Å². The summed E-state index contributed by atoms with van der Waals surface area (Å²) in [4.78, 5) is 31.4. The molecule has 0 N–H and O–H groups in total. The Kier molecular flexibility index (Phi) is 5.33. The van der Waals surface area contributed by atoms with Crippen LogP contribution in [0.2, 0.25) is 0 Å². The second-order valence-corrected chi connectivity index (χ2v) is 8.48.